The molecule has 4 heteroatoms. The first-order valence-electron chi connectivity index (χ1n) is 8.23. The molecule has 1 aromatic carbocycles. The van der Waals surface area contributed by atoms with E-state index in [1.807, 2.05) is 18.2 Å². The summed E-state index contributed by atoms with van der Waals surface area (Å²) < 4.78 is 10.5. The van der Waals surface area contributed by atoms with Crippen molar-refractivity contribution in [3.63, 3.8) is 0 Å². The van der Waals surface area contributed by atoms with Gasteiger partial charge in [0.25, 0.3) is 0 Å². The number of ether oxygens (including phenoxy) is 2. The normalized spacial score (nSPS) is 15.9. The summed E-state index contributed by atoms with van der Waals surface area (Å²) in [5, 5.41) is 3.19. The SMILES string of the molecule is COc1ccc(CCC(=O)NC2CCCCCC2)cc1OC. The van der Waals surface area contributed by atoms with Crippen molar-refractivity contribution in [3.8, 4) is 11.5 Å². The van der Waals surface area contributed by atoms with Crippen molar-refractivity contribution in [1.29, 1.82) is 0 Å². The summed E-state index contributed by atoms with van der Waals surface area (Å²) in [6.07, 6.45) is 8.58. The largest absolute Gasteiger partial charge is 0.493 e. The van der Waals surface area contributed by atoms with Gasteiger partial charge in [-0.1, -0.05) is 31.7 Å². The quantitative estimate of drug-likeness (QED) is 0.819. The molecular weight excluding hydrogens is 278 g/mol. The predicted molar refractivity (Wildman–Crippen MR) is 87.5 cm³/mol. The van der Waals surface area contributed by atoms with Crippen LogP contribution in [0, 0.1) is 0 Å². The maximum absolute atomic E-state index is 12.1. The average molecular weight is 305 g/mol. The smallest absolute Gasteiger partial charge is 0.220 e. The van der Waals surface area contributed by atoms with Gasteiger partial charge in [-0.05, 0) is 37.0 Å². The van der Waals surface area contributed by atoms with Crippen LogP contribution in [0.15, 0.2) is 18.2 Å². The summed E-state index contributed by atoms with van der Waals surface area (Å²) in [5.41, 5.74) is 1.09. The second kappa shape index (κ2) is 8.66. The van der Waals surface area contributed by atoms with E-state index < -0.39 is 0 Å². The molecule has 0 aliphatic heterocycles. The first kappa shape index (κ1) is 16.7. The number of aryl methyl sites for hydroxylation is 1. The molecule has 1 aliphatic rings. The molecule has 0 atom stereocenters. The molecule has 1 N–H and O–H groups in total. The molecule has 1 fully saturated rings. The lowest BCUT2D eigenvalue weighted by molar-refractivity contribution is -0.121. The number of rotatable bonds is 6. The Labute approximate surface area is 133 Å². The van der Waals surface area contributed by atoms with E-state index in [9.17, 15) is 4.79 Å². The molecule has 0 radical (unpaired) electrons. The highest BCUT2D eigenvalue weighted by molar-refractivity contribution is 5.76. The van der Waals surface area contributed by atoms with Gasteiger partial charge >= 0.3 is 0 Å². The molecule has 0 spiro atoms. The van der Waals surface area contributed by atoms with Crippen LogP contribution in [0.25, 0.3) is 0 Å². The highest BCUT2D eigenvalue weighted by Crippen LogP contribution is 2.28. The van der Waals surface area contributed by atoms with Gasteiger partial charge in [0, 0.05) is 12.5 Å². The zero-order valence-electron chi connectivity index (χ0n) is 13.7. The van der Waals surface area contributed by atoms with Crippen LogP contribution in [-0.4, -0.2) is 26.2 Å². The number of hydrogen-bond acceptors (Lipinski definition) is 3. The second-order valence-corrected chi connectivity index (χ2v) is 5.95. The zero-order valence-corrected chi connectivity index (χ0v) is 13.7. The van der Waals surface area contributed by atoms with Gasteiger partial charge in [-0.25, -0.2) is 0 Å². The van der Waals surface area contributed by atoms with Crippen LogP contribution in [0.1, 0.15) is 50.5 Å². The number of carbonyl (C=O) groups is 1. The molecule has 0 aromatic heterocycles. The summed E-state index contributed by atoms with van der Waals surface area (Å²) in [7, 11) is 3.25. The molecular formula is C18H27NO3. The van der Waals surface area contributed by atoms with Crippen molar-refractivity contribution in [3.05, 3.63) is 23.8 Å². The number of hydrogen-bond donors (Lipinski definition) is 1. The maximum Gasteiger partial charge on any atom is 0.220 e. The Balaban J connectivity index is 1.82. The topological polar surface area (TPSA) is 47.6 Å². The molecule has 1 saturated carbocycles. The fourth-order valence-electron chi connectivity index (χ4n) is 3.02. The molecule has 22 heavy (non-hydrogen) atoms. The van der Waals surface area contributed by atoms with Gasteiger partial charge in [-0.2, -0.15) is 0 Å². The van der Waals surface area contributed by atoms with E-state index in [2.05, 4.69) is 5.32 Å². The molecule has 1 aliphatic carbocycles. The van der Waals surface area contributed by atoms with E-state index >= 15 is 0 Å². The van der Waals surface area contributed by atoms with E-state index in [4.69, 9.17) is 9.47 Å². The Morgan fingerprint density at radius 1 is 1.09 bits per heavy atom. The fourth-order valence-corrected chi connectivity index (χ4v) is 3.02. The zero-order chi connectivity index (χ0) is 15.8. The van der Waals surface area contributed by atoms with E-state index in [1.54, 1.807) is 14.2 Å². The number of benzene rings is 1. The summed E-state index contributed by atoms with van der Waals surface area (Å²) in [6.45, 7) is 0. The van der Waals surface area contributed by atoms with E-state index in [0.717, 1.165) is 24.8 Å². The highest BCUT2D eigenvalue weighted by atomic mass is 16.5. The summed E-state index contributed by atoms with van der Waals surface area (Å²) in [6, 6.07) is 6.19. The van der Waals surface area contributed by atoms with Gasteiger partial charge in [0.05, 0.1) is 14.2 Å². The monoisotopic (exact) mass is 305 g/mol. The van der Waals surface area contributed by atoms with Crippen LogP contribution in [0.2, 0.25) is 0 Å². The Bertz CT molecular complexity index is 479. The lowest BCUT2D eigenvalue weighted by Crippen LogP contribution is -2.34. The lowest BCUT2D eigenvalue weighted by Gasteiger charge is -2.16. The molecule has 2 rings (SSSR count). The standard InChI is InChI=1S/C18H27NO3/c1-21-16-11-9-14(13-17(16)22-2)10-12-18(20)19-15-7-5-3-4-6-8-15/h9,11,13,15H,3-8,10,12H2,1-2H3,(H,19,20). The third-order valence-corrected chi connectivity index (χ3v) is 4.31. The minimum Gasteiger partial charge on any atom is -0.493 e. The van der Waals surface area contributed by atoms with Crippen LogP contribution in [-0.2, 0) is 11.2 Å². The van der Waals surface area contributed by atoms with Gasteiger partial charge in [-0.3, -0.25) is 4.79 Å². The summed E-state index contributed by atoms with van der Waals surface area (Å²) in [4.78, 5) is 12.1. The summed E-state index contributed by atoms with van der Waals surface area (Å²) >= 11 is 0. The number of nitrogens with one attached hydrogen (secondary N) is 1. The van der Waals surface area contributed by atoms with Crippen molar-refractivity contribution < 1.29 is 14.3 Å². The van der Waals surface area contributed by atoms with Gasteiger partial charge in [0.15, 0.2) is 11.5 Å². The van der Waals surface area contributed by atoms with E-state index in [0.29, 0.717) is 24.0 Å². The van der Waals surface area contributed by atoms with Crippen LogP contribution in [0.4, 0.5) is 0 Å². The number of amides is 1. The molecule has 0 saturated heterocycles. The van der Waals surface area contributed by atoms with Gasteiger partial charge < -0.3 is 14.8 Å². The summed E-state index contributed by atoms with van der Waals surface area (Å²) in [5.74, 6) is 1.58. The molecule has 0 heterocycles. The van der Waals surface area contributed by atoms with Crippen molar-refractivity contribution in [2.75, 3.05) is 14.2 Å². The number of methoxy groups -OCH3 is 2. The van der Waals surface area contributed by atoms with E-state index in [1.165, 1.54) is 25.7 Å². The van der Waals surface area contributed by atoms with Crippen LogP contribution >= 0.6 is 0 Å². The Kier molecular flexibility index (Phi) is 6.56. The minimum atomic E-state index is 0.154. The Morgan fingerprint density at radius 3 is 2.41 bits per heavy atom. The Hall–Kier alpha value is -1.71. The van der Waals surface area contributed by atoms with Crippen molar-refractivity contribution >= 4 is 5.91 Å². The molecule has 4 nitrogen and oxygen atoms in total. The first-order valence-corrected chi connectivity index (χ1v) is 8.23. The molecule has 122 valence electrons. The predicted octanol–water partition coefficient (Wildman–Crippen LogP) is 3.48. The average Bonchev–Trinajstić information content (AvgIpc) is 2.81. The third-order valence-electron chi connectivity index (χ3n) is 4.31. The van der Waals surface area contributed by atoms with Crippen molar-refractivity contribution in [2.24, 2.45) is 0 Å². The molecule has 0 bridgehead atoms. The van der Waals surface area contributed by atoms with Crippen molar-refractivity contribution in [1.82, 2.24) is 5.32 Å². The second-order valence-electron chi connectivity index (χ2n) is 5.95. The maximum atomic E-state index is 12.1. The van der Waals surface area contributed by atoms with Crippen LogP contribution in [0.3, 0.4) is 0 Å². The van der Waals surface area contributed by atoms with Gasteiger partial charge in [0.2, 0.25) is 5.91 Å². The Morgan fingerprint density at radius 2 is 1.77 bits per heavy atom. The van der Waals surface area contributed by atoms with Gasteiger partial charge in [-0.15, -0.1) is 0 Å². The lowest BCUT2D eigenvalue weighted by atomic mass is 10.1. The van der Waals surface area contributed by atoms with Crippen LogP contribution < -0.4 is 14.8 Å². The highest BCUT2D eigenvalue weighted by Gasteiger charge is 2.14. The molecule has 0 unspecified atom stereocenters. The van der Waals surface area contributed by atoms with E-state index in [-0.39, 0.29) is 5.91 Å². The fraction of sp³-hybridized carbons (Fsp3) is 0.611. The number of carbonyl (C=O) groups excluding carboxylic acids is 1. The third kappa shape index (κ3) is 4.93. The van der Waals surface area contributed by atoms with Gasteiger partial charge in [0.1, 0.15) is 0 Å². The molecule has 1 amide bonds. The first-order chi connectivity index (χ1) is 10.7. The van der Waals surface area contributed by atoms with Crippen molar-refractivity contribution in [2.45, 2.75) is 57.4 Å². The van der Waals surface area contributed by atoms with Crippen LogP contribution in [0.5, 0.6) is 11.5 Å². The minimum absolute atomic E-state index is 0.154. The molecule has 1 aromatic rings.